The molecule has 0 saturated heterocycles. The second-order valence-electron chi connectivity index (χ2n) is 11.2. The maximum Gasteiger partial charge on any atom is 0.289 e. The average molecular weight is 641 g/mol. The van der Waals surface area contributed by atoms with Crippen molar-refractivity contribution in [2.75, 3.05) is 70.0 Å². The first-order valence-corrected chi connectivity index (χ1v) is 13.7. The van der Waals surface area contributed by atoms with Crippen molar-refractivity contribution in [1.29, 1.82) is 0 Å². The number of ketones is 1. The Morgan fingerprint density at radius 3 is 1.70 bits per heavy atom. The van der Waals surface area contributed by atoms with E-state index >= 15 is 0 Å². The third-order valence-electron chi connectivity index (χ3n) is 7.58. The highest BCUT2D eigenvalue weighted by Gasteiger charge is 2.36. The summed E-state index contributed by atoms with van der Waals surface area (Å²) in [5, 5.41) is 26.9. The van der Waals surface area contributed by atoms with Crippen LogP contribution in [0.15, 0.2) is 30.8 Å². The predicted octanol–water partition coefficient (Wildman–Crippen LogP) is 5.84. The van der Waals surface area contributed by atoms with E-state index in [9.17, 15) is 50.2 Å². The monoisotopic (exact) mass is 640 g/mol. The Balaban J connectivity index is 1.98. The molecule has 2 aromatic carbocycles. The molecule has 15 heteroatoms. The first-order valence-electron chi connectivity index (χ1n) is 13.7. The van der Waals surface area contributed by atoms with Crippen LogP contribution in [0.25, 0.3) is 5.57 Å². The SMILES string of the molecule is C=C1c2c(C)ccc(O)c2C(=O)c2c(NCC[N+](C)(CC(F)F)CC(F)F)ccc(NCC[N+](O)(CC(F)F)CC(F)F)c21. The molecule has 1 aliphatic rings. The van der Waals surface area contributed by atoms with E-state index in [2.05, 4.69) is 17.2 Å². The number of fused-ring (bicyclic) bond motifs is 2. The number of nitrogens with one attached hydrogen (secondary N) is 2. The number of aromatic hydroxyl groups is 1. The number of anilines is 2. The molecule has 0 atom stereocenters. The molecule has 0 heterocycles. The third kappa shape index (κ3) is 8.39. The molecule has 44 heavy (non-hydrogen) atoms. The number of hydrogen-bond acceptors (Lipinski definition) is 5. The Morgan fingerprint density at radius 2 is 1.20 bits per heavy atom. The summed E-state index contributed by atoms with van der Waals surface area (Å²) >= 11 is 0. The van der Waals surface area contributed by atoms with Gasteiger partial charge in [-0.3, -0.25) is 4.79 Å². The van der Waals surface area contributed by atoms with E-state index in [-0.39, 0.29) is 59.0 Å². The number of phenolic OH excluding ortho intramolecular Hbond substituents is 1. The first kappa shape index (κ1) is 35.1. The molecule has 0 saturated carbocycles. The molecule has 0 bridgehead atoms. The van der Waals surface area contributed by atoms with Crippen molar-refractivity contribution in [2.45, 2.75) is 32.6 Å². The van der Waals surface area contributed by atoms with Crippen molar-refractivity contribution in [3.8, 4) is 5.75 Å². The highest BCUT2D eigenvalue weighted by Crippen LogP contribution is 2.45. The van der Waals surface area contributed by atoms with Crippen LogP contribution in [0.5, 0.6) is 5.75 Å². The number of quaternary nitrogens is 2. The third-order valence-corrected chi connectivity index (χ3v) is 7.58. The van der Waals surface area contributed by atoms with Crippen LogP contribution in [-0.2, 0) is 0 Å². The van der Waals surface area contributed by atoms with Gasteiger partial charge in [0.05, 0.1) is 37.8 Å². The van der Waals surface area contributed by atoms with Crippen molar-refractivity contribution < 1.29 is 59.4 Å². The quantitative estimate of drug-likeness (QED) is 0.0899. The largest absolute Gasteiger partial charge is 0.507 e. The summed E-state index contributed by atoms with van der Waals surface area (Å²) in [6.07, 6.45) is -11.8. The number of likely N-dealkylation sites (N-methyl/N-ethyl adjacent to an activating group) is 1. The van der Waals surface area contributed by atoms with E-state index in [1.54, 1.807) is 13.0 Å². The van der Waals surface area contributed by atoms with Gasteiger partial charge in [0.2, 0.25) is 0 Å². The van der Waals surface area contributed by atoms with Crippen molar-refractivity contribution in [2.24, 2.45) is 0 Å². The van der Waals surface area contributed by atoms with Gasteiger partial charge in [-0.2, -0.15) is 4.65 Å². The molecule has 7 nitrogen and oxygen atoms in total. The van der Waals surface area contributed by atoms with E-state index in [1.165, 1.54) is 25.2 Å². The van der Waals surface area contributed by atoms with Crippen molar-refractivity contribution in [3.63, 3.8) is 0 Å². The zero-order chi connectivity index (χ0) is 33.0. The van der Waals surface area contributed by atoms with Crippen LogP contribution in [0, 0.1) is 6.92 Å². The minimum atomic E-state index is -3.05. The molecule has 4 N–H and O–H groups in total. The lowest BCUT2D eigenvalue weighted by atomic mass is 9.78. The van der Waals surface area contributed by atoms with Crippen molar-refractivity contribution in [3.05, 3.63) is 58.7 Å². The summed E-state index contributed by atoms with van der Waals surface area (Å²) < 4.78 is 102. The normalized spacial score (nSPS) is 13.7. The summed E-state index contributed by atoms with van der Waals surface area (Å²) in [5.74, 6) is -0.957. The van der Waals surface area contributed by atoms with Crippen LogP contribution < -0.4 is 10.6 Å². The standard InChI is InChI=1S/C29H34F8N4O3/c1-16-4-7-20(42)28-25(16)17(2)26-18(39-9-11-41(44,14-23(34)35)15-24(36)37)5-6-19(27(26)29(28)43)38-8-10-40(3,12-21(30)31)13-22(32)33/h4-7,21-24,39,44H,2,8-15H2,1,3H3/p+2. The van der Waals surface area contributed by atoms with Crippen molar-refractivity contribution >= 4 is 22.7 Å². The number of phenols is 1. The number of hydroxylamine groups is 3. The molecule has 0 unspecified atom stereocenters. The van der Waals surface area contributed by atoms with Crippen molar-refractivity contribution in [1.82, 2.24) is 0 Å². The zero-order valence-corrected chi connectivity index (χ0v) is 24.2. The lowest BCUT2D eigenvalue weighted by Gasteiger charge is -2.34. The van der Waals surface area contributed by atoms with E-state index in [0.717, 1.165) is 0 Å². The molecule has 0 amide bonds. The molecule has 0 aliphatic heterocycles. The van der Waals surface area contributed by atoms with Gasteiger partial charge < -0.3 is 20.2 Å². The maximum absolute atomic E-state index is 13.8. The lowest BCUT2D eigenvalue weighted by molar-refractivity contribution is -1.10. The van der Waals surface area contributed by atoms with Gasteiger partial charge in [0.15, 0.2) is 18.9 Å². The van der Waals surface area contributed by atoms with Gasteiger partial charge in [-0.05, 0) is 41.8 Å². The molecule has 2 aromatic rings. The summed E-state index contributed by atoms with van der Waals surface area (Å²) in [7, 11) is 1.27. The Labute approximate surface area is 249 Å². The molecule has 244 valence electrons. The number of hydrogen-bond donors (Lipinski definition) is 4. The number of carbonyl (C=O) groups is 1. The average Bonchev–Trinajstić information content (AvgIpc) is 2.86. The van der Waals surface area contributed by atoms with Crippen LogP contribution in [0.4, 0.5) is 46.5 Å². The van der Waals surface area contributed by atoms with E-state index in [0.29, 0.717) is 11.1 Å². The molecule has 1 aliphatic carbocycles. The van der Waals surface area contributed by atoms with E-state index < -0.39 is 73.3 Å². The number of rotatable bonds is 16. The Bertz CT molecular complexity index is 1240. The van der Waals surface area contributed by atoms with Gasteiger partial charge in [-0.1, -0.05) is 12.6 Å². The summed E-state index contributed by atoms with van der Waals surface area (Å²) in [6, 6.07) is 5.83. The topological polar surface area (TPSA) is 81.6 Å². The molecule has 0 radical (unpaired) electrons. The second-order valence-corrected chi connectivity index (χ2v) is 11.2. The maximum atomic E-state index is 13.8. The highest BCUT2D eigenvalue weighted by molar-refractivity contribution is 6.24. The predicted molar refractivity (Wildman–Crippen MR) is 149 cm³/mol. The van der Waals surface area contributed by atoms with Crippen LogP contribution in [0.3, 0.4) is 0 Å². The van der Waals surface area contributed by atoms with Gasteiger partial charge in [0, 0.05) is 16.9 Å². The number of halogens is 8. The summed E-state index contributed by atoms with van der Waals surface area (Å²) in [6.45, 7) is 0.676. The van der Waals surface area contributed by atoms with E-state index in [1.807, 2.05) is 0 Å². The fraction of sp³-hybridized carbons (Fsp3) is 0.483. The molecule has 3 rings (SSSR count). The minimum absolute atomic E-state index is 0.00948. The number of carbonyl (C=O) groups excluding carboxylic acids is 1. The van der Waals surface area contributed by atoms with Gasteiger partial charge in [-0.25, -0.2) is 40.3 Å². The summed E-state index contributed by atoms with van der Waals surface area (Å²) in [4.78, 5) is 13.8. The zero-order valence-electron chi connectivity index (χ0n) is 24.2. The summed E-state index contributed by atoms with van der Waals surface area (Å²) in [5.41, 5.74) is 1.85. The van der Waals surface area contributed by atoms with Gasteiger partial charge in [-0.15, -0.1) is 0 Å². The second kappa shape index (κ2) is 14.1. The number of nitrogens with zero attached hydrogens (tertiary/aromatic N) is 2. The number of aryl methyl sites for hydroxylation is 1. The van der Waals surface area contributed by atoms with Crippen LogP contribution >= 0.6 is 0 Å². The Morgan fingerprint density at radius 1 is 0.727 bits per heavy atom. The van der Waals surface area contributed by atoms with E-state index in [4.69, 9.17) is 0 Å². The lowest BCUT2D eigenvalue weighted by Crippen LogP contribution is -2.53. The first-order chi connectivity index (χ1) is 20.5. The fourth-order valence-electron chi connectivity index (χ4n) is 5.56. The molecular formula is C29H36F8N4O3+2. The van der Waals surface area contributed by atoms with Crippen LogP contribution in [0.1, 0.15) is 32.6 Å². The van der Waals surface area contributed by atoms with Gasteiger partial charge >= 0.3 is 0 Å². The van der Waals surface area contributed by atoms with Gasteiger partial charge in [0.25, 0.3) is 25.7 Å². The minimum Gasteiger partial charge on any atom is -0.507 e. The molecule has 0 fully saturated rings. The fourth-order valence-corrected chi connectivity index (χ4v) is 5.56. The van der Waals surface area contributed by atoms with Gasteiger partial charge in [0.1, 0.15) is 25.4 Å². The molecular weight excluding hydrogens is 604 g/mol. The van der Waals surface area contributed by atoms with Crippen LogP contribution in [0.2, 0.25) is 0 Å². The molecule has 0 aromatic heterocycles. The Hall–Kier alpha value is -3.43. The number of benzene rings is 2. The molecule has 0 spiro atoms. The number of alkyl halides is 8. The highest BCUT2D eigenvalue weighted by atomic mass is 19.3. The smallest absolute Gasteiger partial charge is 0.289 e. The Kier molecular flexibility index (Phi) is 11.2. The van der Waals surface area contributed by atoms with Crippen LogP contribution in [-0.4, -0.2) is 110 Å².